The van der Waals surface area contributed by atoms with Crippen LogP contribution in [0.3, 0.4) is 0 Å². The van der Waals surface area contributed by atoms with Crippen LogP contribution >= 0.6 is 11.3 Å². The Labute approximate surface area is 182 Å². The van der Waals surface area contributed by atoms with Gasteiger partial charge in [0.25, 0.3) is 0 Å². The molecule has 4 aromatic rings. The number of hydrogen-bond donors (Lipinski definition) is 1. The molecule has 0 aliphatic carbocycles. The van der Waals surface area contributed by atoms with Gasteiger partial charge in [-0.2, -0.15) is 13.2 Å². The minimum atomic E-state index is -4.09. The Morgan fingerprint density at radius 2 is 1.52 bits per heavy atom. The van der Waals surface area contributed by atoms with Gasteiger partial charge in [0.2, 0.25) is 0 Å². The zero-order valence-corrected chi connectivity index (χ0v) is 17.4. The number of alkyl halides is 3. The van der Waals surface area contributed by atoms with E-state index < -0.39 is 12.6 Å². The topological polar surface area (TPSA) is 33.1 Å². The molecule has 3 aromatic carbocycles. The van der Waals surface area contributed by atoms with Gasteiger partial charge in [0, 0.05) is 12.0 Å². The maximum absolute atomic E-state index is 12.2. The molecule has 4 rings (SSSR count). The van der Waals surface area contributed by atoms with E-state index in [9.17, 15) is 18.3 Å². The molecule has 0 saturated carbocycles. The molecule has 31 heavy (non-hydrogen) atoms. The second kappa shape index (κ2) is 8.94. The van der Waals surface area contributed by atoms with Crippen molar-refractivity contribution < 1.29 is 18.3 Å². The zero-order valence-electron chi connectivity index (χ0n) is 16.6. The summed E-state index contributed by atoms with van der Waals surface area (Å²) in [6, 6.07) is 20.8. The summed E-state index contributed by atoms with van der Waals surface area (Å²) in [5, 5.41) is 10.5. The van der Waals surface area contributed by atoms with Crippen LogP contribution in [0, 0.1) is 0 Å². The van der Waals surface area contributed by atoms with E-state index in [0.717, 1.165) is 37.5 Å². The minimum Gasteiger partial charge on any atom is -0.508 e. The number of phenolic OH excluding ortho intramolecular Hbond substituents is 1. The van der Waals surface area contributed by atoms with Crippen molar-refractivity contribution in [3.63, 3.8) is 0 Å². The molecule has 1 heterocycles. The first-order chi connectivity index (χ1) is 14.9. The van der Waals surface area contributed by atoms with E-state index in [1.807, 2.05) is 66.7 Å². The molecule has 0 aliphatic rings. The van der Waals surface area contributed by atoms with Gasteiger partial charge in [-0.05, 0) is 47.7 Å². The zero-order chi connectivity index (χ0) is 21.8. The monoisotopic (exact) mass is 439 g/mol. The summed E-state index contributed by atoms with van der Waals surface area (Å²) in [7, 11) is 0. The molecule has 0 radical (unpaired) electrons. The Bertz CT molecular complexity index is 1190. The number of aromatic nitrogens is 1. The van der Waals surface area contributed by atoms with Crippen molar-refractivity contribution >= 4 is 33.7 Å². The lowest BCUT2D eigenvalue weighted by Gasteiger charge is -2.06. The predicted molar refractivity (Wildman–Crippen MR) is 121 cm³/mol. The Hall–Kier alpha value is -3.12. The molecule has 6 heteroatoms. The molecule has 0 unspecified atom stereocenters. The summed E-state index contributed by atoms with van der Waals surface area (Å²) in [6.07, 6.45) is -0.316. The summed E-state index contributed by atoms with van der Waals surface area (Å²) < 4.78 is 37.7. The average molecular weight is 440 g/mol. The van der Waals surface area contributed by atoms with Crippen molar-refractivity contribution in [3.05, 3.63) is 83.4 Å². The van der Waals surface area contributed by atoms with E-state index in [0.29, 0.717) is 6.42 Å². The fourth-order valence-corrected chi connectivity index (χ4v) is 4.26. The maximum Gasteiger partial charge on any atom is 0.389 e. The van der Waals surface area contributed by atoms with Crippen LogP contribution in [0.2, 0.25) is 0 Å². The first-order valence-electron chi connectivity index (χ1n) is 9.89. The Kier molecular flexibility index (Phi) is 6.09. The van der Waals surface area contributed by atoms with Gasteiger partial charge in [-0.3, -0.25) is 0 Å². The van der Waals surface area contributed by atoms with Gasteiger partial charge in [0.1, 0.15) is 10.8 Å². The predicted octanol–water partition coefficient (Wildman–Crippen LogP) is 7.72. The lowest BCUT2D eigenvalue weighted by Crippen LogP contribution is -2.07. The first kappa shape index (κ1) is 21.1. The lowest BCUT2D eigenvalue weighted by atomic mass is 10.0. The fourth-order valence-electron chi connectivity index (χ4n) is 3.25. The van der Waals surface area contributed by atoms with Crippen LogP contribution in [0.15, 0.2) is 66.7 Å². The van der Waals surface area contributed by atoms with Gasteiger partial charge in [0.05, 0.1) is 10.2 Å². The molecular formula is C25H20F3NOS. The second-order valence-corrected chi connectivity index (χ2v) is 8.37. The molecule has 1 N–H and O–H groups in total. The number of nitrogens with zero attached hydrogens (tertiary/aromatic N) is 1. The molecular weight excluding hydrogens is 419 g/mol. The number of benzene rings is 3. The van der Waals surface area contributed by atoms with Crippen molar-refractivity contribution in [2.45, 2.75) is 25.4 Å². The van der Waals surface area contributed by atoms with Crippen LogP contribution in [-0.4, -0.2) is 16.3 Å². The van der Waals surface area contributed by atoms with Gasteiger partial charge < -0.3 is 5.11 Å². The van der Waals surface area contributed by atoms with Crippen LogP contribution in [0.1, 0.15) is 29.5 Å². The number of fused-ring (bicyclic) bond motifs is 1. The van der Waals surface area contributed by atoms with E-state index >= 15 is 0 Å². The van der Waals surface area contributed by atoms with Crippen LogP contribution in [0.5, 0.6) is 5.75 Å². The standard InChI is InChI=1S/C25H20F3NOS/c26-25(27,28)15-1-2-17-3-5-18(6-4-17)7-8-19-9-11-20(12-10-19)24-29-22-14-13-21(30)16-23(22)31-24/h3-14,16,30H,1-2,15H2/b8-7+. The van der Waals surface area contributed by atoms with Gasteiger partial charge in [-0.25, -0.2) is 4.98 Å². The van der Waals surface area contributed by atoms with Gasteiger partial charge in [-0.1, -0.05) is 60.7 Å². The van der Waals surface area contributed by atoms with E-state index in [2.05, 4.69) is 4.98 Å². The number of aryl methyl sites for hydroxylation is 1. The van der Waals surface area contributed by atoms with Gasteiger partial charge >= 0.3 is 6.18 Å². The highest BCUT2D eigenvalue weighted by Crippen LogP contribution is 2.32. The number of phenols is 1. The summed E-state index contributed by atoms with van der Waals surface area (Å²) in [5.41, 5.74) is 4.82. The number of halogens is 3. The molecule has 158 valence electrons. The smallest absolute Gasteiger partial charge is 0.389 e. The highest BCUT2D eigenvalue weighted by Gasteiger charge is 2.25. The number of rotatable bonds is 6. The van der Waals surface area contributed by atoms with Crippen LogP contribution in [-0.2, 0) is 6.42 Å². The maximum atomic E-state index is 12.2. The molecule has 0 aliphatic heterocycles. The third-order valence-corrected chi connectivity index (χ3v) is 5.97. The first-order valence-corrected chi connectivity index (χ1v) is 10.7. The summed E-state index contributed by atoms with van der Waals surface area (Å²) in [6.45, 7) is 0. The fraction of sp³-hybridized carbons (Fsp3) is 0.160. The van der Waals surface area contributed by atoms with Crippen molar-refractivity contribution in [2.24, 2.45) is 0 Å². The lowest BCUT2D eigenvalue weighted by molar-refractivity contribution is -0.135. The normalized spacial score (nSPS) is 12.1. The van der Waals surface area contributed by atoms with Crippen molar-refractivity contribution in [2.75, 3.05) is 0 Å². The number of hydrogen-bond acceptors (Lipinski definition) is 3. The molecule has 0 fully saturated rings. The quantitative estimate of drug-likeness (QED) is 0.312. The Morgan fingerprint density at radius 3 is 2.16 bits per heavy atom. The molecule has 0 amide bonds. The highest BCUT2D eigenvalue weighted by atomic mass is 32.1. The molecule has 2 nitrogen and oxygen atoms in total. The summed E-state index contributed by atoms with van der Waals surface area (Å²) >= 11 is 1.54. The third kappa shape index (κ3) is 5.73. The van der Waals surface area contributed by atoms with E-state index in [-0.39, 0.29) is 12.2 Å². The largest absolute Gasteiger partial charge is 0.508 e. The SMILES string of the molecule is Oc1ccc2nc(-c3ccc(/C=C/c4ccc(CCCC(F)(F)F)cc4)cc3)sc2c1. The summed E-state index contributed by atoms with van der Waals surface area (Å²) in [5.74, 6) is 0.234. The van der Waals surface area contributed by atoms with Crippen LogP contribution in [0.25, 0.3) is 32.9 Å². The molecule has 0 atom stereocenters. The summed E-state index contributed by atoms with van der Waals surface area (Å²) in [4.78, 5) is 4.62. The number of aromatic hydroxyl groups is 1. The number of thiazole rings is 1. The second-order valence-electron chi connectivity index (χ2n) is 7.34. The van der Waals surface area contributed by atoms with Crippen molar-refractivity contribution in [1.29, 1.82) is 0 Å². The average Bonchev–Trinajstić information content (AvgIpc) is 3.16. The Balaban J connectivity index is 1.39. The van der Waals surface area contributed by atoms with E-state index in [1.165, 1.54) is 11.3 Å². The van der Waals surface area contributed by atoms with E-state index in [1.54, 1.807) is 12.1 Å². The molecule has 1 aromatic heterocycles. The van der Waals surface area contributed by atoms with Crippen molar-refractivity contribution in [3.8, 4) is 16.3 Å². The third-order valence-electron chi connectivity index (χ3n) is 4.90. The highest BCUT2D eigenvalue weighted by molar-refractivity contribution is 7.21. The van der Waals surface area contributed by atoms with Crippen LogP contribution in [0.4, 0.5) is 13.2 Å². The van der Waals surface area contributed by atoms with Crippen LogP contribution < -0.4 is 0 Å². The Morgan fingerprint density at radius 1 is 0.871 bits per heavy atom. The van der Waals surface area contributed by atoms with Gasteiger partial charge in [0.15, 0.2) is 0 Å². The van der Waals surface area contributed by atoms with E-state index in [4.69, 9.17) is 0 Å². The minimum absolute atomic E-state index is 0.112. The molecule has 0 spiro atoms. The molecule has 0 saturated heterocycles. The van der Waals surface area contributed by atoms with Crippen molar-refractivity contribution in [1.82, 2.24) is 4.98 Å². The molecule has 0 bridgehead atoms. The van der Waals surface area contributed by atoms with Gasteiger partial charge in [-0.15, -0.1) is 11.3 Å².